The highest BCUT2D eigenvalue weighted by molar-refractivity contribution is 5.79. The molecule has 2 heterocycles. The molecule has 202 valence electrons. The Morgan fingerprint density at radius 3 is 2.05 bits per heavy atom. The van der Waals surface area contributed by atoms with Crippen molar-refractivity contribution >= 4 is 5.91 Å². The maximum atomic E-state index is 13.6. The van der Waals surface area contributed by atoms with Gasteiger partial charge in [-0.05, 0) is 68.9 Å². The number of piperidine rings is 1. The van der Waals surface area contributed by atoms with Gasteiger partial charge in [-0.3, -0.25) is 4.79 Å². The second-order valence-electron chi connectivity index (χ2n) is 9.90. The van der Waals surface area contributed by atoms with Crippen LogP contribution in [0.5, 0.6) is 0 Å². The lowest BCUT2D eigenvalue weighted by Gasteiger charge is -2.39. The van der Waals surface area contributed by atoms with Crippen LogP contribution in [0.1, 0.15) is 54.0 Å². The first-order valence-corrected chi connectivity index (χ1v) is 11.8. The highest BCUT2D eigenvalue weighted by Crippen LogP contribution is 2.44. The fourth-order valence-electron chi connectivity index (χ4n) is 5.32. The number of nitrogens with zero attached hydrogens (tertiary/aromatic N) is 2. The molecular formula is C26H27F7N2O2. The average Bonchev–Trinajstić information content (AvgIpc) is 3.16. The molecule has 4 rings (SSSR count). The zero-order valence-corrected chi connectivity index (χ0v) is 20.4. The van der Waals surface area contributed by atoms with Crippen molar-refractivity contribution in [1.29, 1.82) is 0 Å². The molecule has 1 unspecified atom stereocenters. The minimum atomic E-state index is -4.98. The van der Waals surface area contributed by atoms with Crippen LogP contribution in [0.4, 0.5) is 30.7 Å². The number of ether oxygens (including phenoxy) is 1. The van der Waals surface area contributed by atoms with Crippen molar-refractivity contribution in [3.8, 4) is 0 Å². The molecule has 2 aromatic rings. The van der Waals surface area contributed by atoms with E-state index in [-0.39, 0.29) is 42.6 Å². The Kier molecular flexibility index (Phi) is 7.33. The second-order valence-corrected chi connectivity index (χ2v) is 9.90. The number of rotatable bonds is 5. The second kappa shape index (κ2) is 9.90. The quantitative estimate of drug-likeness (QED) is 0.441. The smallest absolute Gasteiger partial charge is 0.368 e. The third-order valence-electron chi connectivity index (χ3n) is 7.28. The minimum Gasteiger partial charge on any atom is -0.368 e. The van der Waals surface area contributed by atoms with Crippen molar-refractivity contribution in [2.45, 2.75) is 62.3 Å². The van der Waals surface area contributed by atoms with Crippen molar-refractivity contribution in [2.24, 2.45) is 0 Å². The Morgan fingerprint density at radius 2 is 1.54 bits per heavy atom. The molecule has 0 aliphatic carbocycles. The SMILES string of the molecule is C[C@@H](O[C@H]1CN2C(=O)CC(N(C)C)C[C@H]2[C@@H]1c1ccc(F)cc1)c1cc(C(F)(F)F)cc(C(F)(F)F)c1. The van der Waals surface area contributed by atoms with E-state index in [9.17, 15) is 35.5 Å². The number of carbonyl (C=O) groups excluding carboxylic acids is 1. The van der Waals surface area contributed by atoms with Gasteiger partial charge in [-0.1, -0.05) is 12.1 Å². The fraction of sp³-hybridized carbons (Fsp3) is 0.500. The summed E-state index contributed by atoms with van der Waals surface area (Å²) in [5.74, 6) is -1.01. The number of alkyl halides is 6. The molecule has 0 saturated carbocycles. The first kappa shape index (κ1) is 27.4. The average molecular weight is 533 g/mol. The lowest BCUT2D eigenvalue weighted by Crippen LogP contribution is -2.49. The zero-order valence-electron chi connectivity index (χ0n) is 20.4. The molecule has 2 aliphatic rings. The van der Waals surface area contributed by atoms with E-state index < -0.39 is 47.4 Å². The van der Waals surface area contributed by atoms with Gasteiger partial charge in [0.1, 0.15) is 5.82 Å². The number of amides is 1. The Hall–Kier alpha value is -2.66. The molecule has 2 fully saturated rings. The number of hydrogen-bond donors (Lipinski definition) is 0. The van der Waals surface area contributed by atoms with E-state index in [0.717, 1.165) is 0 Å². The molecule has 2 aliphatic heterocycles. The van der Waals surface area contributed by atoms with Gasteiger partial charge >= 0.3 is 12.4 Å². The number of carbonyl (C=O) groups is 1. The first-order valence-electron chi connectivity index (χ1n) is 11.8. The standard InChI is InChI=1S/C26H27F7N2O2/c1-14(16-8-17(25(28,29)30)10-18(9-16)26(31,32)33)37-22-13-35-21(11-20(34(2)3)12-23(35)36)24(22)15-4-6-19(27)7-5-15/h4-10,14,20-22,24H,11-13H2,1-3H3/t14-,20?,21+,22+,24+/m1/s1. The highest BCUT2D eigenvalue weighted by Gasteiger charge is 2.49. The predicted octanol–water partition coefficient (Wildman–Crippen LogP) is 6.03. The van der Waals surface area contributed by atoms with Crippen molar-refractivity contribution in [3.63, 3.8) is 0 Å². The summed E-state index contributed by atoms with van der Waals surface area (Å²) >= 11 is 0. The summed E-state index contributed by atoms with van der Waals surface area (Å²) in [5.41, 5.74) is -2.44. The summed E-state index contributed by atoms with van der Waals surface area (Å²) in [6, 6.07) is 6.71. The van der Waals surface area contributed by atoms with Gasteiger partial charge in [0.25, 0.3) is 0 Å². The van der Waals surface area contributed by atoms with Crippen LogP contribution in [-0.4, -0.2) is 54.5 Å². The third-order valence-corrected chi connectivity index (χ3v) is 7.28. The van der Waals surface area contributed by atoms with Gasteiger partial charge in [0.15, 0.2) is 0 Å². The molecule has 11 heteroatoms. The van der Waals surface area contributed by atoms with Gasteiger partial charge in [0, 0.05) is 31.0 Å². The molecule has 2 aromatic carbocycles. The first-order chi connectivity index (χ1) is 17.1. The normalized spacial score (nSPS) is 25.5. The van der Waals surface area contributed by atoms with E-state index >= 15 is 0 Å². The summed E-state index contributed by atoms with van der Waals surface area (Å²) in [4.78, 5) is 16.6. The van der Waals surface area contributed by atoms with Gasteiger partial charge < -0.3 is 14.5 Å². The molecule has 1 amide bonds. The molecule has 0 bridgehead atoms. The van der Waals surface area contributed by atoms with Crippen molar-refractivity contribution < 1.29 is 40.3 Å². The van der Waals surface area contributed by atoms with Crippen LogP contribution in [0.15, 0.2) is 42.5 Å². The Bertz CT molecular complexity index is 1100. The molecule has 4 nitrogen and oxygen atoms in total. The van der Waals surface area contributed by atoms with Gasteiger partial charge in [0.2, 0.25) is 5.91 Å². The highest BCUT2D eigenvalue weighted by atomic mass is 19.4. The van der Waals surface area contributed by atoms with E-state index in [1.165, 1.54) is 19.1 Å². The maximum Gasteiger partial charge on any atom is 0.416 e. The van der Waals surface area contributed by atoms with Gasteiger partial charge in [-0.2, -0.15) is 26.3 Å². The van der Waals surface area contributed by atoms with Crippen LogP contribution in [0, 0.1) is 5.82 Å². The largest absolute Gasteiger partial charge is 0.416 e. The van der Waals surface area contributed by atoms with E-state index in [1.807, 2.05) is 19.0 Å². The maximum absolute atomic E-state index is 13.6. The number of fused-ring (bicyclic) bond motifs is 1. The summed E-state index contributed by atoms with van der Waals surface area (Å²) in [6.07, 6.45) is -10.9. The van der Waals surface area contributed by atoms with E-state index in [1.54, 1.807) is 17.0 Å². The van der Waals surface area contributed by atoms with E-state index in [0.29, 0.717) is 24.1 Å². The minimum absolute atomic E-state index is 0.0503. The van der Waals surface area contributed by atoms with Crippen molar-refractivity contribution in [3.05, 3.63) is 70.5 Å². The lowest BCUT2D eigenvalue weighted by atomic mass is 9.84. The van der Waals surface area contributed by atoms with Crippen LogP contribution in [0.3, 0.4) is 0 Å². The Balaban J connectivity index is 1.69. The number of hydrogen-bond acceptors (Lipinski definition) is 3. The van der Waals surface area contributed by atoms with Gasteiger partial charge in [-0.15, -0.1) is 0 Å². The topological polar surface area (TPSA) is 32.8 Å². The molecule has 2 saturated heterocycles. The molecule has 0 spiro atoms. The number of halogens is 7. The summed E-state index contributed by atoms with van der Waals surface area (Å²) in [7, 11) is 3.72. The zero-order chi connectivity index (χ0) is 27.3. The Morgan fingerprint density at radius 1 is 0.973 bits per heavy atom. The van der Waals surface area contributed by atoms with Crippen LogP contribution in [0.2, 0.25) is 0 Å². The summed E-state index contributed by atoms with van der Waals surface area (Å²) in [5, 5.41) is 0. The van der Waals surface area contributed by atoms with Crippen LogP contribution >= 0.6 is 0 Å². The molecule has 5 atom stereocenters. The predicted molar refractivity (Wildman–Crippen MR) is 121 cm³/mol. The molecular weight excluding hydrogens is 505 g/mol. The summed E-state index contributed by atoms with van der Waals surface area (Å²) < 4.78 is 100. The van der Waals surface area contributed by atoms with Crippen LogP contribution in [-0.2, 0) is 21.9 Å². The van der Waals surface area contributed by atoms with Crippen molar-refractivity contribution in [1.82, 2.24) is 9.80 Å². The molecule has 37 heavy (non-hydrogen) atoms. The van der Waals surface area contributed by atoms with Gasteiger partial charge in [-0.25, -0.2) is 4.39 Å². The molecule has 0 N–H and O–H groups in total. The third kappa shape index (κ3) is 5.77. The van der Waals surface area contributed by atoms with E-state index in [2.05, 4.69) is 0 Å². The van der Waals surface area contributed by atoms with E-state index in [4.69, 9.17) is 4.74 Å². The van der Waals surface area contributed by atoms with Crippen LogP contribution in [0.25, 0.3) is 0 Å². The molecule has 0 aromatic heterocycles. The number of benzene rings is 2. The monoisotopic (exact) mass is 532 g/mol. The Labute approximate surface area is 210 Å². The molecule has 0 radical (unpaired) electrons. The van der Waals surface area contributed by atoms with Crippen molar-refractivity contribution in [2.75, 3.05) is 20.6 Å². The van der Waals surface area contributed by atoms with Gasteiger partial charge in [0.05, 0.1) is 23.3 Å². The lowest BCUT2D eigenvalue weighted by molar-refractivity contribution is -0.143. The van der Waals surface area contributed by atoms with Crippen LogP contribution < -0.4 is 0 Å². The fourth-order valence-corrected chi connectivity index (χ4v) is 5.32. The summed E-state index contributed by atoms with van der Waals surface area (Å²) in [6.45, 7) is 1.51.